The summed E-state index contributed by atoms with van der Waals surface area (Å²) in [6, 6.07) is 14.6. The largest absolute Gasteiger partial charge is 0.299 e. The first-order chi connectivity index (χ1) is 15.6. The smallest absolute Gasteiger partial charge is 0.113 e. The van der Waals surface area contributed by atoms with Gasteiger partial charge in [0.05, 0.1) is 11.2 Å². The SMILES string of the molecule is C=C/C=C\C1=C(Cl)CC(c2ccc(-n3nnc4ccccc43)cc2CN2CCC2)=CC1=C. The zero-order valence-electron chi connectivity index (χ0n) is 18.0. The topological polar surface area (TPSA) is 34.0 Å². The highest BCUT2D eigenvalue weighted by molar-refractivity contribution is 6.31. The molecule has 1 aromatic heterocycles. The van der Waals surface area contributed by atoms with Gasteiger partial charge in [-0.2, -0.15) is 0 Å². The Morgan fingerprint density at radius 2 is 1.97 bits per heavy atom. The van der Waals surface area contributed by atoms with Gasteiger partial charge in [-0.3, -0.25) is 4.90 Å². The van der Waals surface area contributed by atoms with Crippen molar-refractivity contribution < 1.29 is 0 Å². The lowest BCUT2D eigenvalue weighted by Crippen LogP contribution is -2.36. The predicted molar refractivity (Wildman–Crippen MR) is 133 cm³/mol. The number of allylic oxidation sites excluding steroid dienone is 8. The second kappa shape index (κ2) is 8.73. The summed E-state index contributed by atoms with van der Waals surface area (Å²) < 4.78 is 1.91. The zero-order chi connectivity index (χ0) is 22.1. The summed E-state index contributed by atoms with van der Waals surface area (Å²) in [7, 11) is 0. The van der Waals surface area contributed by atoms with Gasteiger partial charge in [0, 0.05) is 18.0 Å². The lowest BCUT2D eigenvalue weighted by molar-refractivity contribution is 0.172. The summed E-state index contributed by atoms with van der Waals surface area (Å²) >= 11 is 6.69. The first-order valence-electron chi connectivity index (χ1n) is 10.9. The van der Waals surface area contributed by atoms with Crippen molar-refractivity contribution >= 4 is 28.2 Å². The van der Waals surface area contributed by atoms with Crippen molar-refractivity contribution in [3.63, 3.8) is 0 Å². The van der Waals surface area contributed by atoms with Crippen LogP contribution in [0.1, 0.15) is 24.0 Å². The molecule has 1 fully saturated rings. The summed E-state index contributed by atoms with van der Waals surface area (Å²) in [6.07, 6.45) is 9.74. The molecule has 0 saturated carbocycles. The van der Waals surface area contributed by atoms with E-state index in [9.17, 15) is 0 Å². The summed E-state index contributed by atoms with van der Waals surface area (Å²) in [6.45, 7) is 11.2. The predicted octanol–water partition coefficient (Wildman–Crippen LogP) is 6.20. The number of halogens is 1. The number of likely N-dealkylation sites (tertiary alicyclic amines) is 1. The molecular weight excluding hydrogens is 416 g/mol. The van der Waals surface area contributed by atoms with Crippen molar-refractivity contribution in [2.24, 2.45) is 0 Å². The van der Waals surface area contributed by atoms with Crippen LogP contribution in [-0.2, 0) is 6.54 Å². The third kappa shape index (κ3) is 3.88. The Morgan fingerprint density at radius 1 is 1.12 bits per heavy atom. The Hall–Kier alpha value is -3.21. The number of fused-ring (bicyclic) bond motifs is 1. The second-order valence-corrected chi connectivity index (χ2v) is 8.70. The summed E-state index contributed by atoms with van der Waals surface area (Å²) in [5, 5.41) is 9.54. The first-order valence-corrected chi connectivity index (χ1v) is 11.3. The first kappa shape index (κ1) is 20.7. The van der Waals surface area contributed by atoms with Crippen molar-refractivity contribution in [2.45, 2.75) is 19.4 Å². The van der Waals surface area contributed by atoms with Crippen LogP contribution < -0.4 is 0 Å². The van der Waals surface area contributed by atoms with Gasteiger partial charge in [-0.1, -0.05) is 72.5 Å². The molecule has 0 amide bonds. The Bertz CT molecular complexity index is 1300. The lowest BCUT2D eigenvalue weighted by Gasteiger charge is -2.32. The van der Waals surface area contributed by atoms with Gasteiger partial charge in [0.2, 0.25) is 0 Å². The standard InChI is InChI=1S/C27H25ClN4/c1-3-4-8-23-19(2)15-20(17-25(23)28)24-12-11-22(16-21(24)18-31-13-7-14-31)32-27-10-6-5-9-26(27)29-30-32/h3-6,8-12,15-16H,1-2,7,13-14,17-18H2/b8-4-. The maximum Gasteiger partial charge on any atom is 0.113 e. The zero-order valence-corrected chi connectivity index (χ0v) is 18.7. The molecule has 1 aliphatic heterocycles. The van der Waals surface area contributed by atoms with Gasteiger partial charge in [-0.25, -0.2) is 4.68 Å². The Morgan fingerprint density at radius 3 is 2.72 bits per heavy atom. The minimum atomic E-state index is 0.690. The summed E-state index contributed by atoms with van der Waals surface area (Å²) in [5.41, 5.74) is 8.51. The van der Waals surface area contributed by atoms with E-state index in [1.807, 2.05) is 35.0 Å². The third-order valence-corrected chi connectivity index (χ3v) is 6.44. The highest BCUT2D eigenvalue weighted by Gasteiger charge is 2.21. The molecule has 1 saturated heterocycles. The summed E-state index contributed by atoms with van der Waals surface area (Å²) in [5.74, 6) is 0. The number of hydrogen-bond donors (Lipinski definition) is 0. The molecule has 2 aliphatic rings. The van der Waals surface area contributed by atoms with Crippen LogP contribution in [0.15, 0.2) is 96.1 Å². The van der Waals surface area contributed by atoms with Crippen molar-refractivity contribution in [3.8, 4) is 5.69 Å². The van der Waals surface area contributed by atoms with Crippen LogP contribution in [0.3, 0.4) is 0 Å². The third-order valence-electron chi connectivity index (χ3n) is 6.11. The molecule has 0 bridgehead atoms. The number of para-hydroxylation sites is 1. The van der Waals surface area contributed by atoms with Gasteiger partial charge in [0.25, 0.3) is 0 Å². The minimum absolute atomic E-state index is 0.690. The molecule has 32 heavy (non-hydrogen) atoms. The van der Waals surface area contributed by atoms with Crippen LogP contribution in [0.5, 0.6) is 0 Å². The quantitative estimate of drug-likeness (QED) is 0.427. The van der Waals surface area contributed by atoms with E-state index < -0.39 is 0 Å². The number of nitrogens with zero attached hydrogens (tertiary/aromatic N) is 4. The molecule has 4 nitrogen and oxygen atoms in total. The van der Waals surface area contributed by atoms with Crippen molar-refractivity contribution in [3.05, 3.63) is 107 Å². The average molecular weight is 441 g/mol. The molecule has 0 unspecified atom stereocenters. The van der Waals surface area contributed by atoms with Crippen molar-refractivity contribution in [1.29, 1.82) is 0 Å². The molecule has 2 aromatic carbocycles. The van der Waals surface area contributed by atoms with E-state index in [1.165, 1.54) is 23.1 Å². The number of benzene rings is 2. The van der Waals surface area contributed by atoms with E-state index in [-0.39, 0.29) is 0 Å². The molecule has 5 heteroatoms. The Balaban J connectivity index is 1.55. The van der Waals surface area contributed by atoms with Crippen LogP contribution >= 0.6 is 11.6 Å². The Kier molecular flexibility index (Phi) is 5.64. The van der Waals surface area contributed by atoms with Gasteiger partial charge < -0.3 is 0 Å². The van der Waals surface area contributed by atoms with E-state index in [1.54, 1.807) is 6.08 Å². The van der Waals surface area contributed by atoms with Gasteiger partial charge in [-0.15, -0.1) is 5.10 Å². The van der Waals surface area contributed by atoms with Crippen LogP contribution in [0.25, 0.3) is 22.3 Å². The van der Waals surface area contributed by atoms with Gasteiger partial charge in [0.15, 0.2) is 0 Å². The molecule has 2 heterocycles. The van der Waals surface area contributed by atoms with Crippen molar-refractivity contribution in [2.75, 3.05) is 13.1 Å². The molecule has 0 atom stereocenters. The van der Waals surface area contributed by atoms with E-state index in [2.05, 4.69) is 58.7 Å². The summed E-state index contributed by atoms with van der Waals surface area (Å²) in [4.78, 5) is 2.47. The van der Waals surface area contributed by atoms with Crippen LogP contribution in [0, 0.1) is 0 Å². The molecule has 0 N–H and O–H groups in total. The van der Waals surface area contributed by atoms with Gasteiger partial charge in [-0.05, 0) is 71.6 Å². The molecule has 160 valence electrons. The fraction of sp³-hybridized carbons (Fsp3) is 0.185. The Labute approximate surface area is 193 Å². The fourth-order valence-electron chi connectivity index (χ4n) is 4.31. The molecule has 1 aliphatic carbocycles. The van der Waals surface area contributed by atoms with E-state index in [4.69, 9.17) is 11.6 Å². The molecule has 3 aromatic rings. The normalized spacial score (nSPS) is 17.2. The van der Waals surface area contributed by atoms with Crippen LogP contribution in [0.4, 0.5) is 0 Å². The van der Waals surface area contributed by atoms with E-state index in [0.717, 1.165) is 52.5 Å². The van der Waals surface area contributed by atoms with Crippen LogP contribution in [0.2, 0.25) is 0 Å². The van der Waals surface area contributed by atoms with Crippen LogP contribution in [-0.4, -0.2) is 33.0 Å². The number of rotatable bonds is 6. The highest BCUT2D eigenvalue weighted by Crippen LogP contribution is 2.38. The number of aromatic nitrogens is 3. The van der Waals surface area contributed by atoms with E-state index >= 15 is 0 Å². The maximum absolute atomic E-state index is 6.69. The lowest BCUT2D eigenvalue weighted by atomic mass is 9.88. The molecule has 0 spiro atoms. The van der Waals surface area contributed by atoms with E-state index in [0.29, 0.717) is 6.42 Å². The fourth-order valence-corrected chi connectivity index (χ4v) is 4.64. The maximum atomic E-state index is 6.69. The highest BCUT2D eigenvalue weighted by atomic mass is 35.5. The minimum Gasteiger partial charge on any atom is -0.299 e. The monoisotopic (exact) mass is 440 g/mol. The molecular formula is C27H25ClN4. The molecule has 0 radical (unpaired) electrons. The second-order valence-electron chi connectivity index (χ2n) is 8.25. The van der Waals surface area contributed by atoms with Gasteiger partial charge in [0.1, 0.15) is 5.52 Å². The number of hydrogen-bond acceptors (Lipinski definition) is 3. The molecule has 5 rings (SSSR count). The van der Waals surface area contributed by atoms with Crippen molar-refractivity contribution in [1.82, 2.24) is 19.9 Å². The van der Waals surface area contributed by atoms with Gasteiger partial charge >= 0.3 is 0 Å². The average Bonchev–Trinajstić information content (AvgIpc) is 3.20.